The SMILES string of the molecule is CSC1(Cn2ccc3c2CC(C)(C)CC3O)CC1. The van der Waals surface area contributed by atoms with Crippen molar-refractivity contribution in [1.82, 2.24) is 4.57 Å². The van der Waals surface area contributed by atoms with Gasteiger partial charge in [0.2, 0.25) is 0 Å². The van der Waals surface area contributed by atoms with E-state index in [0.29, 0.717) is 4.75 Å². The first-order valence-electron chi connectivity index (χ1n) is 6.86. The van der Waals surface area contributed by atoms with Crippen LogP contribution in [0.15, 0.2) is 12.3 Å². The third-order valence-corrected chi connectivity index (χ3v) is 5.97. The molecule has 0 radical (unpaired) electrons. The molecule has 100 valence electrons. The second-order valence-corrected chi connectivity index (χ2v) is 8.07. The van der Waals surface area contributed by atoms with Gasteiger partial charge in [0, 0.05) is 28.7 Å². The van der Waals surface area contributed by atoms with Crippen LogP contribution in [-0.4, -0.2) is 20.7 Å². The Morgan fingerprint density at radius 1 is 1.44 bits per heavy atom. The molecule has 1 saturated carbocycles. The summed E-state index contributed by atoms with van der Waals surface area (Å²) in [5, 5.41) is 10.3. The average molecular weight is 265 g/mol. The van der Waals surface area contributed by atoms with E-state index in [1.165, 1.54) is 24.1 Å². The third kappa shape index (κ3) is 2.12. The van der Waals surface area contributed by atoms with E-state index in [0.717, 1.165) is 19.4 Å². The van der Waals surface area contributed by atoms with Crippen molar-refractivity contribution in [2.75, 3.05) is 6.26 Å². The molecule has 1 heterocycles. The van der Waals surface area contributed by atoms with Crippen molar-refractivity contribution >= 4 is 11.8 Å². The first kappa shape index (κ1) is 12.6. The zero-order valence-electron chi connectivity index (χ0n) is 11.6. The molecule has 0 saturated heterocycles. The van der Waals surface area contributed by atoms with Crippen LogP contribution in [0.4, 0.5) is 0 Å². The standard InChI is InChI=1S/C15H23NOS/c1-14(2)8-12-11(13(17)9-14)4-7-16(12)10-15(18-3)5-6-15/h4,7,13,17H,5-6,8-10H2,1-3H3. The lowest BCUT2D eigenvalue weighted by Gasteiger charge is -2.34. The monoisotopic (exact) mass is 265 g/mol. The van der Waals surface area contributed by atoms with E-state index in [4.69, 9.17) is 0 Å². The minimum atomic E-state index is -0.269. The summed E-state index contributed by atoms with van der Waals surface area (Å²) >= 11 is 2.00. The highest BCUT2D eigenvalue weighted by molar-refractivity contribution is 8.00. The Morgan fingerprint density at radius 2 is 2.17 bits per heavy atom. The molecule has 0 aromatic carbocycles. The summed E-state index contributed by atoms with van der Waals surface area (Å²) in [5.74, 6) is 0. The van der Waals surface area contributed by atoms with E-state index >= 15 is 0 Å². The average Bonchev–Trinajstić information content (AvgIpc) is 2.95. The number of rotatable bonds is 3. The Morgan fingerprint density at radius 3 is 2.78 bits per heavy atom. The van der Waals surface area contributed by atoms with Gasteiger partial charge in [0.25, 0.3) is 0 Å². The topological polar surface area (TPSA) is 25.2 Å². The molecule has 0 aliphatic heterocycles. The Labute approximate surface area is 114 Å². The minimum Gasteiger partial charge on any atom is -0.388 e. The summed E-state index contributed by atoms with van der Waals surface area (Å²) in [5.41, 5.74) is 2.77. The predicted molar refractivity (Wildman–Crippen MR) is 77.0 cm³/mol. The smallest absolute Gasteiger partial charge is 0.0812 e. The maximum atomic E-state index is 10.3. The van der Waals surface area contributed by atoms with E-state index in [2.05, 4.69) is 36.9 Å². The van der Waals surface area contributed by atoms with E-state index < -0.39 is 0 Å². The zero-order valence-corrected chi connectivity index (χ0v) is 12.4. The molecule has 0 spiro atoms. The van der Waals surface area contributed by atoms with E-state index in [1.807, 2.05) is 11.8 Å². The quantitative estimate of drug-likeness (QED) is 0.906. The fourth-order valence-corrected chi connectivity index (χ4v) is 3.99. The van der Waals surface area contributed by atoms with Crippen LogP contribution < -0.4 is 0 Å². The van der Waals surface area contributed by atoms with Crippen molar-refractivity contribution in [1.29, 1.82) is 0 Å². The van der Waals surface area contributed by atoms with Crippen molar-refractivity contribution in [3.05, 3.63) is 23.5 Å². The van der Waals surface area contributed by atoms with Gasteiger partial charge in [-0.2, -0.15) is 11.8 Å². The summed E-state index contributed by atoms with van der Waals surface area (Å²) < 4.78 is 2.89. The maximum absolute atomic E-state index is 10.3. The molecule has 2 aliphatic rings. The highest BCUT2D eigenvalue weighted by atomic mass is 32.2. The normalized spacial score (nSPS) is 27.9. The van der Waals surface area contributed by atoms with Gasteiger partial charge in [-0.1, -0.05) is 13.8 Å². The van der Waals surface area contributed by atoms with Crippen LogP contribution in [-0.2, 0) is 13.0 Å². The summed E-state index contributed by atoms with van der Waals surface area (Å²) in [4.78, 5) is 0. The molecule has 2 nitrogen and oxygen atoms in total. The van der Waals surface area contributed by atoms with Crippen LogP contribution in [0.1, 0.15) is 50.5 Å². The van der Waals surface area contributed by atoms with Gasteiger partial charge >= 0.3 is 0 Å². The summed E-state index contributed by atoms with van der Waals surface area (Å²) in [7, 11) is 0. The van der Waals surface area contributed by atoms with Gasteiger partial charge < -0.3 is 9.67 Å². The summed E-state index contributed by atoms with van der Waals surface area (Å²) in [6.45, 7) is 5.64. The number of hydrogen-bond donors (Lipinski definition) is 1. The van der Waals surface area contributed by atoms with Crippen molar-refractivity contribution in [2.45, 2.75) is 56.9 Å². The fourth-order valence-electron chi connectivity index (χ4n) is 3.21. The van der Waals surface area contributed by atoms with Crippen molar-refractivity contribution < 1.29 is 5.11 Å². The van der Waals surface area contributed by atoms with Crippen LogP contribution in [0.2, 0.25) is 0 Å². The van der Waals surface area contributed by atoms with Crippen LogP contribution in [0.3, 0.4) is 0 Å². The van der Waals surface area contributed by atoms with E-state index in [1.54, 1.807) is 0 Å². The Balaban J connectivity index is 1.90. The molecule has 0 bridgehead atoms. The Bertz CT molecular complexity index is 459. The molecule has 2 aliphatic carbocycles. The van der Waals surface area contributed by atoms with E-state index in [9.17, 15) is 5.11 Å². The predicted octanol–water partition coefficient (Wildman–Crippen LogP) is 3.39. The molecular formula is C15H23NOS. The fraction of sp³-hybridized carbons (Fsp3) is 0.733. The van der Waals surface area contributed by atoms with Crippen molar-refractivity contribution in [2.24, 2.45) is 5.41 Å². The Kier molecular flexibility index (Phi) is 2.83. The molecule has 1 fully saturated rings. The second-order valence-electron chi connectivity index (χ2n) is 6.79. The minimum absolute atomic E-state index is 0.221. The number of aliphatic hydroxyl groups excluding tert-OH is 1. The summed E-state index contributed by atoms with van der Waals surface area (Å²) in [6.07, 6.45) is 8.80. The Hall–Kier alpha value is -0.410. The number of aromatic nitrogens is 1. The largest absolute Gasteiger partial charge is 0.388 e. The van der Waals surface area contributed by atoms with Gasteiger partial charge in [0.05, 0.1) is 6.10 Å². The second kappa shape index (κ2) is 4.04. The lowest BCUT2D eigenvalue weighted by molar-refractivity contribution is 0.0979. The van der Waals surface area contributed by atoms with Gasteiger partial charge in [-0.3, -0.25) is 0 Å². The van der Waals surface area contributed by atoms with Crippen LogP contribution in [0.25, 0.3) is 0 Å². The first-order chi connectivity index (χ1) is 8.45. The van der Waals surface area contributed by atoms with Crippen LogP contribution in [0, 0.1) is 5.41 Å². The maximum Gasteiger partial charge on any atom is 0.0812 e. The summed E-state index contributed by atoms with van der Waals surface area (Å²) in [6, 6.07) is 2.13. The number of thioether (sulfide) groups is 1. The molecule has 1 aromatic rings. The first-order valence-corrected chi connectivity index (χ1v) is 8.08. The highest BCUT2D eigenvalue weighted by Crippen LogP contribution is 2.49. The number of nitrogens with zero attached hydrogens (tertiary/aromatic N) is 1. The third-order valence-electron chi connectivity index (χ3n) is 4.56. The van der Waals surface area contributed by atoms with Gasteiger partial charge in [0.15, 0.2) is 0 Å². The number of hydrogen-bond acceptors (Lipinski definition) is 2. The van der Waals surface area contributed by atoms with Gasteiger partial charge in [-0.05, 0) is 43.4 Å². The van der Waals surface area contributed by atoms with Gasteiger partial charge in [0.1, 0.15) is 0 Å². The van der Waals surface area contributed by atoms with Crippen molar-refractivity contribution in [3.63, 3.8) is 0 Å². The number of fused-ring (bicyclic) bond motifs is 1. The van der Waals surface area contributed by atoms with E-state index in [-0.39, 0.29) is 11.5 Å². The van der Waals surface area contributed by atoms with Gasteiger partial charge in [-0.25, -0.2) is 0 Å². The van der Waals surface area contributed by atoms with Crippen molar-refractivity contribution in [3.8, 4) is 0 Å². The molecule has 3 heteroatoms. The molecule has 1 unspecified atom stereocenters. The molecule has 0 amide bonds. The molecule has 3 rings (SSSR count). The lowest BCUT2D eigenvalue weighted by Crippen LogP contribution is -2.28. The van der Waals surface area contributed by atoms with Crippen LogP contribution in [0.5, 0.6) is 0 Å². The zero-order chi connectivity index (χ0) is 13.0. The van der Waals surface area contributed by atoms with Gasteiger partial charge in [-0.15, -0.1) is 0 Å². The molecule has 1 N–H and O–H groups in total. The molecule has 1 aromatic heterocycles. The lowest BCUT2D eigenvalue weighted by atomic mass is 9.75. The molecule has 18 heavy (non-hydrogen) atoms. The van der Waals surface area contributed by atoms with Crippen LogP contribution >= 0.6 is 11.8 Å². The molecular weight excluding hydrogens is 242 g/mol. The molecule has 1 atom stereocenters. The highest BCUT2D eigenvalue weighted by Gasteiger charge is 2.43. The number of aliphatic hydroxyl groups is 1.